The van der Waals surface area contributed by atoms with E-state index < -0.39 is 5.97 Å². The molecule has 1 N–H and O–H groups in total. The Kier molecular flexibility index (Phi) is 2.90. The van der Waals surface area contributed by atoms with Crippen LogP contribution in [0, 0.1) is 5.41 Å². The Labute approximate surface area is 107 Å². The van der Waals surface area contributed by atoms with Gasteiger partial charge in [-0.2, -0.15) is 0 Å². The van der Waals surface area contributed by atoms with Crippen molar-refractivity contribution < 1.29 is 14.3 Å². The fourth-order valence-corrected chi connectivity index (χ4v) is 3.43. The Morgan fingerprint density at radius 1 is 1.28 bits per heavy atom. The van der Waals surface area contributed by atoms with Crippen molar-refractivity contribution in [3.8, 4) is 0 Å². The standard InChI is InChI=1S/C14H19NO3/c16-13(17)12-5-4-11(18-12)8-15-9-14(10-15)6-2-1-3-7-14/h4-5H,1-3,6-10H2,(H,16,17). The smallest absolute Gasteiger partial charge is 0.371 e. The lowest BCUT2D eigenvalue weighted by Crippen LogP contribution is -2.56. The first-order valence-corrected chi connectivity index (χ1v) is 6.71. The minimum Gasteiger partial charge on any atom is -0.475 e. The molecule has 2 fully saturated rings. The average molecular weight is 249 g/mol. The lowest BCUT2D eigenvalue weighted by Gasteiger charge is -2.52. The largest absolute Gasteiger partial charge is 0.475 e. The van der Waals surface area contributed by atoms with Gasteiger partial charge in [-0.15, -0.1) is 0 Å². The Bertz CT molecular complexity index is 438. The predicted molar refractivity (Wildman–Crippen MR) is 66.5 cm³/mol. The van der Waals surface area contributed by atoms with Gasteiger partial charge >= 0.3 is 5.97 Å². The van der Waals surface area contributed by atoms with Crippen LogP contribution in [-0.2, 0) is 6.54 Å². The third-order valence-electron chi connectivity index (χ3n) is 4.28. The second-order valence-electron chi connectivity index (χ2n) is 5.78. The lowest BCUT2D eigenvalue weighted by atomic mass is 9.68. The van der Waals surface area contributed by atoms with Crippen molar-refractivity contribution in [2.24, 2.45) is 5.41 Å². The van der Waals surface area contributed by atoms with Gasteiger partial charge in [0.2, 0.25) is 5.76 Å². The molecule has 4 nitrogen and oxygen atoms in total. The molecule has 1 aromatic rings. The molecule has 0 amide bonds. The Balaban J connectivity index is 1.54. The molecule has 18 heavy (non-hydrogen) atoms. The van der Waals surface area contributed by atoms with Gasteiger partial charge in [0.15, 0.2) is 0 Å². The zero-order valence-corrected chi connectivity index (χ0v) is 10.5. The second-order valence-corrected chi connectivity index (χ2v) is 5.78. The van der Waals surface area contributed by atoms with E-state index in [0.717, 1.165) is 25.4 Å². The maximum atomic E-state index is 10.7. The molecular weight excluding hydrogens is 230 g/mol. The lowest BCUT2D eigenvalue weighted by molar-refractivity contribution is -0.0367. The van der Waals surface area contributed by atoms with E-state index in [-0.39, 0.29) is 5.76 Å². The van der Waals surface area contributed by atoms with Crippen molar-refractivity contribution in [3.05, 3.63) is 23.7 Å². The van der Waals surface area contributed by atoms with Crippen molar-refractivity contribution >= 4 is 5.97 Å². The van der Waals surface area contributed by atoms with Crippen LogP contribution < -0.4 is 0 Å². The van der Waals surface area contributed by atoms with Crippen LogP contribution in [0.15, 0.2) is 16.5 Å². The average Bonchev–Trinajstić information content (AvgIpc) is 2.77. The Morgan fingerprint density at radius 3 is 2.61 bits per heavy atom. The van der Waals surface area contributed by atoms with Gasteiger partial charge in [-0.05, 0) is 30.4 Å². The molecule has 1 saturated heterocycles. The van der Waals surface area contributed by atoms with E-state index in [9.17, 15) is 4.79 Å². The minimum atomic E-state index is -0.992. The van der Waals surface area contributed by atoms with Crippen LogP contribution >= 0.6 is 0 Å². The van der Waals surface area contributed by atoms with E-state index in [1.165, 1.54) is 38.2 Å². The molecule has 1 saturated carbocycles. The number of hydrogen-bond donors (Lipinski definition) is 1. The minimum absolute atomic E-state index is 0.0397. The van der Waals surface area contributed by atoms with E-state index in [0.29, 0.717) is 5.41 Å². The first-order valence-electron chi connectivity index (χ1n) is 6.71. The van der Waals surface area contributed by atoms with Gasteiger partial charge in [-0.1, -0.05) is 19.3 Å². The molecule has 4 heteroatoms. The summed E-state index contributed by atoms with van der Waals surface area (Å²) >= 11 is 0. The monoisotopic (exact) mass is 249 g/mol. The van der Waals surface area contributed by atoms with Gasteiger partial charge in [0.05, 0.1) is 6.54 Å². The molecule has 0 aromatic carbocycles. The fourth-order valence-electron chi connectivity index (χ4n) is 3.43. The number of furan rings is 1. The molecular formula is C14H19NO3. The molecule has 0 radical (unpaired) electrons. The summed E-state index contributed by atoms with van der Waals surface area (Å²) in [6.07, 6.45) is 6.86. The summed E-state index contributed by atoms with van der Waals surface area (Å²) in [6, 6.07) is 3.31. The van der Waals surface area contributed by atoms with Crippen molar-refractivity contribution in [1.82, 2.24) is 4.90 Å². The summed E-state index contributed by atoms with van der Waals surface area (Å²) in [5, 5.41) is 8.79. The zero-order chi connectivity index (χ0) is 12.6. The van der Waals surface area contributed by atoms with E-state index in [1.807, 2.05) is 0 Å². The number of rotatable bonds is 3. The quantitative estimate of drug-likeness (QED) is 0.895. The van der Waals surface area contributed by atoms with E-state index in [2.05, 4.69) is 4.90 Å². The number of likely N-dealkylation sites (tertiary alicyclic amines) is 1. The molecule has 1 aromatic heterocycles. The van der Waals surface area contributed by atoms with Crippen molar-refractivity contribution in [1.29, 1.82) is 0 Å². The van der Waals surface area contributed by atoms with Crippen molar-refractivity contribution in [2.75, 3.05) is 13.1 Å². The third kappa shape index (κ3) is 2.17. The van der Waals surface area contributed by atoms with Gasteiger partial charge in [-0.25, -0.2) is 4.79 Å². The molecule has 1 spiro atoms. The summed E-state index contributed by atoms with van der Waals surface area (Å²) < 4.78 is 5.29. The number of carboxylic acids is 1. The zero-order valence-electron chi connectivity index (χ0n) is 10.5. The normalized spacial score (nSPS) is 22.9. The van der Waals surface area contributed by atoms with Gasteiger partial charge in [0.25, 0.3) is 0 Å². The molecule has 0 bridgehead atoms. The molecule has 1 aliphatic carbocycles. The number of aromatic carboxylic acids is 1. The number of carbonyl (C=O) groups is 1. The Hall–Kier alpha value is -1.29. The van der Waals surface area contributed by atoms with Crippen LogP contribution in [-0.4, -0.2) is 29.1 Å². The van der Waals surface area contributed by atoms with Gasteiger partial charge in [-0.3, -0.25) is 4.90 Å². The number of nitrogens with zero attached hydrogens (tertiary/aromatic N) is 1. The molecule has 98 valence electrons. The van der Waals surface area contributed by atoms with E-state index in [4.69, 9.17) is 9.52 Å². The molecule has 1 aliphatic heterocycles. The third-order valence-corrected chi connectivity index (χ3v) is 4.28. The first kappa shape index (κ1) is 11.8. The predicted octanol–water partition coefficient (Wildman–Crippen LogP) is 2.74. The van der Waals surface area contributed by atoms with Crippen molar-refractivity contribution in [3.63, 3.8) is 0 Å². The number of carboxylic acid groups (broad SMARTS) is 1. The van der Waals surface area contributed by atoms with Gasteiger partial charge in [0, 0.05) is 13.1 Å². The summed E-state index contributed by atoms with van der Waals surface area (Å²) in [5.41, 5.74) is 0.570. The summed E-state index contributed by atoms with van der Waals surface area (Å²) in [6.45, 7) is 3.04. The maximum Gasteiger partial charge on any atom is 0.371 e. The SMILES string of the molecule is O=C(O)c1ccc(CN2CC3(CCCCC3)C2)o1. The highest BCUT2D eigenvalue weighted by molar-refractivity contribution is 5.84. The Morgan fingerprint density at radius 2 is 2.00 bits per heavy atom. The van der Waals surface area contributed by atoms with E-state index >= 15 is 0 Å². The highest BCUT2D eigenvalue weighted by Gasteiger charge is 2.43. The molecule has 0 unspecified atom stereocenters. The van der Waals surface area contributed by atoms with Crippen LogP contribution in [0.5, 0.6) is 0 Å². The van der Waals surface area contributed by atoms with Gasteiger partial charge < -0.3 is 9.52 Å². The fraction of sp³-hybridized carbons (Fsp3) is 0.643. The highest BCUT2D eigenvalue weighted by atomic mass is 16.4. The molecule has 0 atom stereocenters. The molecule has 2 aliphatic rings. The summed E-state index contributed by atoms with van der Waals surface area (Å²) in [5.74, 6) is -0.190. The van der Waals surface area contributed by atoms with Crippen molar-refractivity contribution in [2.45, 2.75) is 38.6 Å². The second kappa shape index (κ2) is 4.43. The van der Waals surface area contributed by atoms with Crippen LogP contribution in [0.2, 0.25) is 0 Å². The van der Waals surface area contributed by atoms with Crippen LogP contribution in [0.25, 0.3) is 0 Å². The van der Waals surface area contributed by atoms with Crippen LogP contribution in [0.3, 0.4) is 0 Å². The molecule has 3 rings (SSSR count). The number of hydrogen-bond acceptors (Lipinski definition) is 3. The van der Waals surface area contributed by atoms with Crippen LogP contribution in [0.4, 0.5) is 0 Å². The first-order chi connectivity index (χ1) is 8.67. The summed E-state index contributed by atoms with van der Waals surface area (Å²) in [4.78, 5) is 13.1. The summed E-state index contributed by atoms with van der Waals surface area (Å²) in [7, 11) is 0. The van der Waals surface area contributed by atoms with E-state index in [1.54, 1.807) is 6.07 Å². The topological polar surface area (TPSA) is 53.7 Å². The maximum absolute atomic E-state index is 10.7. The molecule has 2 heterocycles. The van der Waals surface area contributed by atoms with Gasteiger partial charge in [0.1, 0.15) is 5.76 Å². The highest BCUT2D eigenvalue weighted by Crippen LogP contribution is 2.44. The van der Waals surface area contributed by atoms with Crippen LogP contribution in [0.1, 0.15) is 48.4 Å².